The predicted molar refractivity (Wildman–Crippen MR) is 125 cm³/mol. The van der Waals surface area contributed by atoms with Crippen molar-refractivity contribution in [2.45, 2.75) is 24.9 Å². The number of rotatable bonds is 6. The number of ether oxygens (including phenoxy) is 1. The highest BCUT2D eigenvalue weighted by Crippen LogP contribution is 2.29. The summed E-state index contributed by atoms with van der Waals surface area (Å²) < 4.78 is 40.4. The number of piperidine rings is 1. The summed E-state index contributed by atoms with van der Waals surface area (Å²) in [4.78, 5) is 22.3. The summed E-state index contributed by atoms with van der Waals surface area (Å²) in [5, 5.41) is 8.54. The Kier molecular flexibility index (Phi) is 6.18. The molecule has 1 fully saturated rings. The number of benzene rings is 1. The van der Waals surface area contributed by atoms with Gasteiger partial charge in [-0.25, -0.2) is 18.7 Å². The molecule has 0 unspecified atom stereocenters. The van der Waals surface area contributed by atoms with Crippen molar-refractivity contribution >= 4 is 11.8 Å². The van der Waals surface area contributed by atoms with Crippen LogP contribution >= 0.6 is 0 Å². The Bertz CT molecular complexity index is 1380. The third kappa shape index (κ3) is 4.42. The van der Waals surface area contributed by atoms with Crippen molar-refractivity contribution in [1.82, 2.24) is 24.9 Å². The first-order valence-corrected chi connectivity index (χ1v) is 11.2. The van der Waals surface area contributed by atoms with Crippen LogP contribution in [0.2, 0.25) is 0 Å². The standard InChI is InChI=1S/C24H23F2N7O3/c1-35-23(34)24(27)7-9-32(10-8-24)22-17(26)13-28-21(29-22)19-12-20(18-6-11-36-31-18)33(30-19)14-15-4-2-3-5-16(15)25/h2-6,11-13H,7-10,14,27H2,1H3. The van der Waals surface area contributed by atoms with Gasteiger partial charge in [-0.1, -0.05) is 23.4 Å². The highest BCUT2D eigenvalue weighted by Gasteiger charge is 2.39. The first-order valence-electron chi connectivity index (χ1n) is 11.2. The Morgan fingerprint density at radius 2 is 1.94 bits per heavy atom. The Balaban J connectivity index is 1.47. The second kappa shape index (κ2) is 9.46. The van der Waals surface area contributed by atoms with Crippen molar-refractivity contribution in [1.29, 1.82) is 0 Å². The van der Waals surface area contributed by atoms with Gasteiger partial charge in [0.2, 0.25) is 0 Å². The monoisotopic (exact) mass is 495 g/mol. The van der Waals surface area contributed by atoms with Crippen LogP contribution in [0.3, 0.4) is 0 Å². The van der Waals surface area contributed by atoms with Gasteiger partial charge < -0.3 is 19.9 Å². The van der Waals surface area contributed by atoms with E-state index in [0.29, 0.717) is 35.7 Å². The van der Waals surface area contributed by atoms with Gasteiger partial charge in [0.25, 0.3) is 0 Å². The van der Waals surface area contributed by atoms with E-state index in [0.717, 1.165) is 6.20 Å². The van der Waals surface area contributed by atoms with E-state index < -0.39 is 17.3 Å². The van der Waals surface area contributed by atoms with E-state index in [9.17, 15) is 13.6 Å². The smallest absolute Gasteiger partial charge is 0.325 e. The van der Waals surface area contributed by atoms with Crippen molar-refractivity contribution in [2.24, 2.45) is 5.73 Å². The molecular formula is C24H23F2N7O3. The van der Waals surface area contributed by atoms with Crippen LogP contribution in [0.15, 0.2) is 53.4 Å². The van der Waals surface area contributed by atoms with Crippen LogP contribution in [-0.4, -0.2) is 56.6 Å². The van der Waals surface area contributed by atoms with Crippen LogP contribution in [0.1, 0.15) is 18.4 Å². The molecule has 4 heterocycles. The lowest BCUT2D eigenvalue weighted by Crippen LogP contribution is -2.56. The first-order chi connectivity index (χ1) is 17.4. The number of nitrogens with two attached hydrogens (primary N) is 1. The molecule has 36 heavy (non-hydrogen) atoms. The molecule has 1 aromatic carbocycles. The molecule has 5 rings (SSSR count). The maximum absolute atomic E-state index is 14.7. The lowest BCUT2D eigenvalue weighted by atomic mass is 9.89. The second-order valence-corrected chi connectivity index (χ2v) is 8.55. The van der Waals surface area contributed by atoms with Crippen molar-refractivity contribution in [3.05, 3.63) is 66.1 Å². The quantitative estimate of drug-likeness (QED) is 0.402. The predicted octanol–water partition coefficient (Wildman–Crippen LogP) is 2.79. The number of hydrogen-bond donors (Lipinski definition) is 1. The SMILES string of the molecule is COC(=O)C1(N)CCN(c2nc(-c3cc(-c4ccon4)n(Cc4ccccc4F)n3)ncc2F)CC1. The summed E-state index contributed by atoms with van der Waals surface area (Å²) in [5.41, 5.74) is 6.89. The van der Waals surface area contributed by atoms with E-state index in [2.05, 4.69) is 20.2 Å². The average molecular weight is 495 g/mol. The minimum absolute atomic E-state index is 0.0820. The molecule has 186 valence electrons. The highest BCUT2D eigenvalue weighted by atomic mass is 19.1. The van der Waals surface area contributed by atoms with E-state index in [1.54, 1.807) is 39.9 Å². The number of esters is 1. The van der Waals surface area contributed by atoms with Crippen LogP contribution in [0.5, 0.6) is 0 Å². The number of aromatic nitrogens is 5. The lowest BCUT2D eigenvalue weighted by Gasteiger charge is -2.37. The van der Waals surface area contributed by atoms with Crippen LogP contribution < -0.4 is 10.6 Å². The summed E-state index contributed by atoms with van der Waals surface area (Å²) >= 11 is 0. The molecule has 1 aliphatic rings. The molecule has 0 radical (unpaired) electrons. The number of carbonyl (C=O) groups is 1. The second-order valence-electron chi connectivity index (χ2n) is 8.55. The molecule has 0 amide bonds. The van der Waals surface area contributed by atoms with Crippen molar-refractivity contribution in [3.8, 4) is 22.9 Å². The third-order valence-electron chi connectivity index (χ3n) is 6.26. The topological polar surface area (TPSA) is 125 Å². The van der Waals surface area contributed by atoms with Gasteiger partial charge in [0.1, 0.15) is 29.0 Å². The maximum Gasteiger partial charge on any atom is 0.325 e. The van der Waals surface area contributed by atoms with Crippen LogP contribution in [0.25, 0.3) is 22.9 Å². The Morgan fingerprint density at radius 1 is 1.17 bits per heavy atom. The van der Waals surface area contributed by atoms with Gasteiger partial charge >= 0.3 is 5.97 Å². The van der Waals surface area contributed by atoms with Gasteiger partial charge in [0, 0.05) is 24.7 Å². The van der Waals surface area contributed by atoms with Crippen molar-refractivity contribution in [3.63, 3.8) is 0 Å². The molecule has 0 bridgehead atoms. The molecule has 1 saturated heterocycles. The van der Waals surface area contributed by atoms with Gasteiger partial charge in [-0.15, -0.1) is 0 Å². The molecule has 1 aliphatic heterocycles. The normalized spacial score (nSPS) is 15.2. The lowest BCUT2D eigenvalue weighted by molar-refractivity contribution is -0.147. The van der Waals surface area contributed by atoms with Gasteiger partial charge in [0.15, 0.2) is 17.5 Å². The zero-order valence-corrected chi connectivity index (χ0v) is 19.4. The van der Waals surface area contributed by atoms with Gasteiger partial charge in [-0.2, -0.15) is 5.10 Å². The molecule has 0 atom stereocenters. The Hall–Kier alpha value is -4.19. The molecular weight excluding hydrogens is 472 g/mol. The molecule has 10 nitrogen and oxygen atoms in total. The van der Waals surface area contributed by atoms with Gasteiger partial charge in [-0.05, 0) is 25.0 Å². The average Bonchev–Trinajstić information content (AvgIpc) is 3.56. The molecule has 0 saturated carbocycles. The van der Waals surface area contributed by atoms with Crippen LogP contribution in [-0.2, 0) is 16.1 Å². The summed E-state index contributed by atoms with van der Waals surface area (Å²) in [6.07, 6.45) is 3.07. The Morgan fingerprint density at radius 3 is 2.64 bits per heavy atom. The van der Waals surface area contributed by atoms with Gasteiger partial charge in [0.05, 0.1) is 25.5 Å². The molecule has 2 N–H and O–H groups in total. The number of hydrogen-bond acceptors (Lipinski definition) is 9. The maximum atomic E-state index is 14.7. The van der Waals surface area contributed by atoms with E-state index in [1.165, 1.54) is 19.4 Å². The fraction of sp³-hybridized carbons (Fsp3) is 0.292. The number of methoxy groups -OCH3 is 1. The first kappa shape index (κ1) is 23.5. The van der Waals surface area contributed by atoms with Crippen LogP contribution in [0.4, 0.5) is 14.6 Å². The van der Waals surface area contributed by atoms with E-state index in [4.69, 9.17) is 15.0 Å². The zero-order valence-electron chi connectivity index (χ0n) is 19.4. The van der Waals surface area contributed by atoms with E-state index in [-0.39, 0.29) is 36.8 Å². The van der Waals surface area contributed by atoms with E-state index >= 15 is 0 Å². The minimum atomic E-state index is -1.12. The Labute approximate surface area is 204 Å². The molecule has 3 aromatic heterocycles. The van der Waals surface area contributed by atoms with Crippen LogP contribution in [0, 0.1) is 11.6 Å². The number of halogens is 2. The van der Waals surface area contributed by atoms with E-state index in [1.807, 2.05) is 0 Å². The molecule has 0 spiro atoms. The minimum Gasteiger partial charge on any atom is -0.468 e. The van der Waals surface area contributed by atoms with Crippen molar-refractivity contribution < 1.29 is 22.8 Å². The molecule has 12 heteroatoms. The highest BCUT2D eigenvalue weighted by molar-refractivity contribution is 5.81. The zero-order chi connectivity index (χ0) is 25.3. The molecule has 4 aromatic rings. The summed E-state index contributed by atoms with van der Waals surface area (Å²) in [6, 6.07) is 9.73. The van der Waals surface area contributed by atoms with Gasteiger partial charge in [-0.3, -0.25) is 9.48 Å². The third-order valence-corrected chi connectivity index (χ3v) is 6.26. The molecule has 0 aliphatic carbocycles. The fourth-order valence-corrected chi connectivity index (χ4v) is 4.21. The number of carbonyl (C=O) groups excluding carboxylic acids is 1. The largest absolute Gasteiger partial charge is 0.468 e. The number of nitrogens with zero attached hydrogens (tertiary/aromatic N) is 6. The summed E-state index contributed by atoms with van der Waals surface area (Å²) in [7, 11) is 1.29. The summed E-state index contributed by atoms with van der Waals surface area (Å²) in [6.45, 7) is 0.747. The fourth-order valence-electron chi connectivity index (χ4n) is 4.21. The summed E-state index contributed by atoms with van der Waals surface area (Å²) in [5.74, 6) is -1.20. The number of anilines is 1. The van der Waals surface area contributed by atoms with Crippen molar-refractivity contribution in [2.75, 3.05) is 25.1 Å².